The van der Waals surface area contributed by atoms with Gasteiger partial charge in [0.1, 0.15) is 5.75 Å². The van der Waals surface area contributed by atoms with Crippen molar-refractivity contribution in [3.05, 3.63) is 65.2 Å². The number of aliphatic carboxylic acids is 1. The van der Waals surface area contributed by atoms with E-state index in [1.54, 1.807) is 0 Å². The number of benzene rings is 2. The Morgan fingerprint density at radius 2 is 1.64 bits per heavy atom. The first-order valence-corrected chi connectivity index (χ1v) is 7.50. The van der Waals surface area contributed by atoms with Gasteiger partial charge in [0.05, 0.1) is 12.0 Å². The van der Waals surface area contributed by atoms with Gasteiger partial charge in [-0.05, 0) is 50.5 Å². The molecule has 3 heteroatoms. The molecule has 2 aromatic rings. The zero-order chi connectivity index (χ0) is 16.1. The van der Waals surface area contributed by atoms with E-state index in [1.807, 2.05) is 69.3 Å². The highest BCUT2D eigenvalue weighted by Gasteiger charge is 2.20. The first-order valence-electron chi connectivity index (χ1n) is 7.50. The van der Waals surface area contributed by atoms with Gasteiger partial charge in [-0.2, -0.15) is 0 Å². The van der Waals surface area contributed by atoms with Gasteiger partial charge >= 0.3 is 5.97 Å². The molecule has 2 rings (SSSR count). The van der Waals surface area contributed by atoms with Gasteiger partial charge in [0, 0.05) is 0 Å². The number of aryl methyl sites for hydroxylation is 1. The van der Waals surface area contributed by atoms with Crippen molar-refractivity contribution >= 4 is 5.97 Å². The fourth-order valence-corrected chi connectivity index (χ4v) is 2.36. The molecule has 22 heavy (non-hydrogen) atoms. The highest BCUT2D eigenvalue weighted by molar-refractivity contribution is 5.76. The number of hydrogen-bond acceptors (Lipinski definition) is 2. The topological polar surface area (TPSA) is 46.5 Å². The molecule has 1 N–H and O–H groups in total. The summed E-state index contributed by atoms with van der Waals surface area (Å²) in [5.41, 5.74) is 2.95. The van der Waals surface area contributed by atoms with Crippen molar-refractivity contribution in [1.82, 2.24) is 0 Å². The van der Waals surface area contributed by atoms with Gasteiger partial charge in [0.25, 0.3) is 0 Å². The number of hydrogen-bond donors (Lipinski definition) is 1. The van der Waals surface area contributed by atoms with Crippen molar-refractivity contribution in [2.75, 3.05) is 0 Å². The second-order valence-electron chi connectivity index (χ2n) is 5.82. The molecule has 0 spiro atoms. The summed E-state index contributed by atoms with van der Waals surface area (Å²) in [6.07, 6.45) is 0.602. The van der Waals surface area contributed by atoms with Gasteiger partial charge in [0.2, 0.25) is 0 Å². The maximum Gasteiger partial charge on any atom is 0.311 e. The third-order valence-electron chi connectivity index (χ3n) is 3.51. The number of carboxylic acid groups (broad SMARTS) is 1. The van der Waals surface area contributed by atoms with Crippen LogP contribution in [0.15, 0.2) is 48.5 Å². The molecule has 0 radical (unpaired) electrons. The van der Waals surface area contributed by atoms with Crippen LogP contribution in [0.4, 0.5) is 0 Å². The molecule has 1 atom stereocenters. The van der Waals surface area contributed by atoms with Crippen LogP contribution in [0.5, 0.6) is 5.75 Å². The summed E-state index contributed by atoms with van der Waals surface area (Å²) in [5.74, 6) is -0.523. The average Bonchev–Trinajstić information content (AvgIpc) is 2.47. The van der Waals surface area contributed by atoms with E-state index in [0.717, 1.165) is 22.4 Å². The van der Waals surface area contributed by atoms with Crippen molar-refractivity contribution in [1.29, 1.82) is 0 Å². The molecule has 2 aromatic carbocycles. The molecule has 0 heterocycles. The summed E-state index contributed by atoms with van der Waals surface area (Å²) in [6, 6.07) is 15.3. The lowest BCUT2D eigenvalue weighted by Crippen LogP contribution is -2.14. The Hall–Kier alpha value is -2.29. The minimum absolute atomic E-state index is 0.130. The molecule has 0 fully saturated rings. The monoisotopic (exact) mass is 298 g/mol. The predicted molar refractivity (Wildman–Crippen MR) is 87.5 cm³/mol. The first kappa shape index (κ1) is 16.1. The molecule has 0 saturated carbocycles. The average molecular weight is 298 g/mol. The van der Waals surface area contributed by atoms with E-state index in [4.69, 9.17) is 4.74 Å². The standard InChI is InChI=1S/C19H22O3/c1-13(2)22-17-10-6-15(7-11-17)12-18(19(20)21)16-8-4-14(3)5-9-16/h4-11,13,18H,12H2,1-3H3,(H,20,21). The molecule has 0 amide bonds. The number of ether oxygens (including phenoxy) is 1. The SMILES string of the molecule is Cc1ccc(C(Cc2ccc(OC(C)C)cc2)C(=O)O)cc1. The van der Waals surface area contributed by atoms with Crippen LogP contribution in [0, 0.1) is 6.92 Å². The Kier molecular flexibility index (Phi) is 5.21. The quantitative estimate of drug-likeness (QED) is 0.869. The Labute approximate surface area is 131 Å². The molecule has 0 saturated heterocycles. The maximum atomic E-state index is 11.6. The van der Waals surface area contributed by atoms with E-state index < -0.39 is 11.9 Å². The molecular weight excluding hydrogens is 276 g/mol. The zero-order valence-corrected chi connectivity index (χ0v) is 13.2. The van der Waals surface area contributed by atoms with Gasteiger partial charge in [-0.1, -0.05) is 42.0 Å². The fourth-order valence-electron chi connectivity index (χ4n) is 2.36. The smallest absolute Gasteiger partial charge is 0.311 e. The van der Waals surface area contributed by atoms with Gasteiger partial charge in [-0.15, -0.1) is 0 Å². The van der Waals surface area contributed by atoms with Crippen LogP contribution in [0.2, 0.25) is 0 Å². The van der Waals surface area contributed by atoms with Crippen LogP contribution in [0.3, 0.4) is 0 Å². The van der Waals surface area contributed by atoms with E-state index in [9.17, 15) is 9.90 Å². The largest absolute Gasteiger partial charge is 0.491 e. The molecule has 0 aromatic heterocycles. The summed E-state index contributed by atoms with van der Waals surface area (Å²) >= 11 is 0. The van der Waals surface area contributed by atoms with Gasteiger partial charge < -0.3 is 9.84 Å². The number of carboxylic acids is 1. The van der Waals surface area contributed by atoms with Crippen LogP contribution in [-0.4, -0.2) is 17.2 Å². The Morgan fingerprint density at radius 1 is 1.05 bits per heavy atom. The van der Waals surface area contributed by atoms with E-state index in [2.05, 4.69) is 0 Å². The van der Waals surface area contributed by atoms with E-state index >= 15 is 0 Å². The summed E-state index contributed by atoms with van der Waals surface area (Å²) < 4.78 is 5.60. The second kappa shape index (κ2) is 7.12. The van der Waals surface area contributed by atoms with Crippen LogP contribution >= 0.6 is 0 Å². The normalized spacial score (nSPS) is 12.2. The Morgan fingerprint density at radius 3 is 2.14 bits per heavy atom. The summed E-state index contributed by atoms with van der Waals surface area (Å²) in [4.78, 5) is 11.6. The lowest BCUT2D eigenvalue weighted by Gasteiger charge is -2.14. The molecular formula is C19H22O3. The van der Waals surface area contributed by atoms with Crippen LogP contribution in [0.1, 0.15) is 36.5 Å². The highest BCUT2D eigenvalue weighted by atomic mass is 16.5. The molecule has 0 aliphatic rings. The van der Waals surface area contributed by atoms with Gasteiger partial charge in [-0.25, -0.2) is 0 Å². The Bertz CT molecular complexity index is 612. The summed E-state index contributed by atoms with van der Waals surface area (Å²) in [6.45, 7) is 5.95. The lowest BCUT2D eigenvalue weighted by molar-refractivity contribution is -0.138. The van der Waals surface area contributed by atoms with Crippen molar-refractivity contribution < 1.29 is 14.6 Å². The summed E-state index contributed by atoms with van der Waals surface area (Å²) in [5, 5.41) is 9.51. The van der Waals surface area contributed by atoms with E-state index in [1.165, 1.54) is 0 Å². The van der Waals surface area contributed by atoms with Crippen molar-refractivity contribution in [3.63, 3.8) is 0 Å². The van der Waals surface area contributed by atoms with E-state index in [-0.39, 0.29) is 6.10 Å². The minimum Gasteiger partial charge on any atom is -0.491 e. The van der Waals surface area contributed by atoms with E-state index in [0.29, 0.717) is 6.42 Å². The molecule has 0 aliphatic heterocycles. The van der Waals surface area contributed by atoms with Crippen molar-refractivity contribution in [2.45, 2.75) is 39.2 Å². The maximum absolute atomic E-state index is 11.6. The van der Waals surface area contributed by atoms with Crippen LogP contribution in [-0.2, 0) is 11.2 Å². The molecule has 0 bridgehead atoms. The molecule has 116 valence electrons. The summed E-state index contributed by atoms with van der Waals surface area (Å²) in [7, 11) is 0. The molecule has 1 unspecified atom stereocenters. The first-order chi connectivity index (χ1) is 10.5. The van der Waals surface area contributed by atoms with Crippen molar-refractivity contribution in [2.24, 2.45) is 0 Å². The third-order valence-corrected chi connectivity index (χ3v) is 3.51. The number of carbonyl (C=O) groups is 1. The van der Waals surface area contributed by atoms with Gasteiger partial charge in [-0.3, -0.25) is 4.79 Å². The minimum atomic E-state index is -0.800. The molecule has 0 aliphatic carbocycles. The Balaban J connectivity index is 2.14. The lowest BCUT2D eigenvalue weighted by atomic mass is 9.91. The molecule has 3 nitrogen and oxygen atoms in total. The van der Waals surface area contributed by atoms with Crippen LogP contribution < -0.4 is 4.74 Å². The van der Waals surface area contributed by atoms with Gasteiger partial charge in [0.15, 0.2) is 0 Å². The third kappa shape index (κ3) is 4.35. The second-order valence-corrected chi connectivity index (χ2v) is 5.82. The fraction of sp³-hybridized carbons (Fsp3) is 0.316. The predicted octanol–water partition coefficient (Wildman–Crippen LogP) is 4.19. The zero-order valence-electron chi connectivity index (χ0n) is 13.2. The van der Waals surface area contributed by atoms with Crippen LogP contribution in [0.25, 0.3) is 0 Å². The number of rotatable bonds is 6. The van der Waals surface area contributed by atoms with Crippen molar-refractivity contribution in [3.8, 4) is 5.75 Å². The highest BCUT2D eigenvalue weighted by Crippen LogP contribution is 2.23.